The second kappa shape index (κ2) is 15.7. The maximum Gasteiger partial charge on any atom is 0.337 e. The van der Waals surface area contributed by atoms with E-state index in [0.717, 1.165) is 17.2 Å². The van der Waals surface area contributed by atoms with Gasteiger partial charge < -0.3 is 9.47 Å². The molecule has 0 spiro atoms. The SMILES string of the molecule is CN1C(c2ccc(Cl)cc2Cl)C2=CN(CCC=CCOC(=O)C3=CN(CCC=CCOC2=O)S(=O)(=O)N(C)C3c2ccc(Cl)cc2Cl)S1(=O)=O. The summed E-state index contributed by atoms with van der Waals surface area (Å²) in [6.45, 7) is -0.523. The van der Waals surface area contributed by atoms with Crippen LogP contribution in [0.15, 0.2) is 84.2 Å². The van der Waals surface area contributed by atoms with Crippen molar-refractivity contribution in [2.75, 3.05) is 40.4 Å². The molecule has 4 bridgehead atoms. The zero-order chi connectivity index (χ0) is 36.4. The molecule has 2 unspecified atom stereocenters. The predicted molar refractivity (Wildman–Crippen MR) is 191 cm³/mol. The molecule has 268 valence electrons. The Kier molecular flexibility index (Phi) is 12.0. The standard InChI is InChI=1S/C32H32Cl4N4O8S2/c1-37-29(23-11-9-21(33)17-27(23)35)25-19-39(49(37,43)44)13-5-3-7-16-48-32(42)26-20-40(14-6-4-8-15-47-31(25)41)50(45,46)38(2)30(26)24-12-10-22(34)18-28(24)36/h3-4,7-12,17-20,29-30H,5-6,13-16H2,1-2H3. The van der Waals surface area contributed by atoms with Gasteiger partial charge in [0.15, 0.2) is 0 Å². The molecule has 5 rings (SSSR count). The number of rotatable bonds is 2. The van der Waals surface area contributed by atoms with Crippen molar-refractivity contribution in [1.29, 1.82) is 0 Å². The van der Waals surface area contributed by atoms with Crippen LogP contribution in [0, 0.1) is 0 Å². The van der Waals surface area contributed by atoms with Gasteiger partial charge in [0, 0.05) is 59.7 Å². The van der Waals surface area contributed by atoms with Gasteiger partial charge in [0.1, 0.15) is 13.2 Å². The quantitative estimate of drug-likeness (QED) is 0.274. The summed E-state index contributed by atoms with van der Waals surface area (Å²) in [6, 6.07) is 6.86. The van der Waals surface area contributed by atoms with E-state index in [2.05, 4.69) is 0 Å². The lowest BCUT2D eigenvalue weighted by Crippen LogP contribution is -2.47. The van der Waals surface area contributed by atoms with Gasteiger partial charge in [0.05, 0.1) is 23.2 Å². The van der Waals surface area contributed by atoms with Crippen molar-refractivity contribution < 1.29 is 35.9 Å². The number of benzene rings is 2. The predicted octanol–water partition coefficient (Wildman–Crippen LogP) is 5.83. The molecule has 18 heteroatoms. The molecule has 50 heavy (non-hydrogen) atoms. The number of nitrogens with zero attached hydrogens (tertiary/aromatic N) is 4. The minimum Gasteiger partial charge on any atom is -0.458 e. The van der Waals surface area contributed by atoms with Crippen LogP contribution >= 0.6 is 46.4 Å². The lowest BCUT2D eigenvalue weighted by Gasteiger charge is -2.38. The first-order valence-electron chi connectivity index (χ1n) is 15.1. The number of cyclic esters (lactones) is 2. The molecule has 0 saturated carbocycles. The highest BCUT2D eigenvalue weighted by Crippen LogP contribution is 2.41. The molecule has 0 saturated heterocycles. The number of ether oxygens (including phenoxy) is 2. The summed E-state index contributed by atoms with van der Waals surface area (Å²) in [7, 11) is -5.56. The minimum absolute atomic E-state index is 0.0164. The van der Waals surface area contributed by atoms with E-state index in [0.29, 0.717) is 21.2 Å². The van der Waals surface area contributed by atoms with Crippen molar-refractivity contribution >= 4 is 78.8 Å². The summed E-state index contributed by atoms with van der Waals surface area (Å²) in [5, 5.41) is 0.985. The molecule has 0 fully saturated rings. The third kappa shape index (κ3) is 7.87. The smallest absolute Gasteiger partial charge is 0.337 e. The second-order valence-corrected chi connectivity index (χ2v) is 16.9. The molecule has 3 aliphatic heterocycles. The first-order valence-corrected chi connectivity index (χ1v) is 19.4. The molecule has 0 aliphatic carbocycles. The number of carbonyl (C=O) groups is 2. The Hall–Kier alpha value is -3.08. The molecule has 2 atom stereocenters. The van der Waals surface area contributed by atoms with E-state index in [1.165, 1.54) is 50.8 Å². The second-order valence-electron chi connectivity index (χ2n) is 11.3. The Morgan fingerprint density at radius 1 is 0.620 bits per heavy atom. The molecular formula is C32H32Cl4N4O8S2. The van der Waals surface area contributed by atoms with Gasteiger partial charge >= 0.3 is 32.4 Å². The van der Waals surface area contributed by atoms with Crippen molar-refractivity contribution in [2.24, 2.45) is 0 Å². The normalized spacial score (nSPS) is 23.8. The average Bonchev–Trinajstić information content (AvgIpc) is 3.04. The van der Waals surface area contributed by atoms with E-state index in [1.54, 1.807) is 36.4 Å². The Morgan fingerprint density at radius 2 is 1.00 bits per heavy atom. The van der Waals surface area contributed by atoms with Gasteiger partial charge in [-0.1, -0.05) is 82.8 Å². The molecule has 0 amide bonds. The van der Waals surface area contributed by atoms with Crippen LogP contribution in [-0.2, 0) is 39.5 Å². The number of carbonyl (C=O) groups excluding carboxylic acids is 2. The van der Waals surface area contributed by atoms with Gasteiger partial charge in [0.25, 0.3) is 0 Å². The number of likely N-dealkylation sites (N-methyl/N-ethyl adjacent to an activating group) is 2. The van der Waals surface area contributed by atoms with Crippen molar-refractivity contribution in [3.05, 3.63) is 115 Å². The van der Waals surface area contributed by atoms with E-state index in [4.69, 9.17) is 55.9 Å². The van der Waals surface area contributed by atoms with Gasteiger partial charge in [0.2, 0.25) is 0 Å². The number of hydrogen-bond acceptors (Lipinski definition) is 8. The maximum atomic E-state index is 13.6. The van der Waals surface area contributed by atoms with Crippen molar-refractivity contribution in [3.63, 3.8) is 0 Å². The number of hydrogen-bond donors (Lipinski definition) is 0. The van der Waals surface area contributed by atoms with Crippen LogP contribution in [0.25, 0.3) is 0 Å². The zero-order valence-corrected chi connectivity index (χ0v) is 31.4. The fraction of sp³-hybridized carbons (Fsp3) is 0.312. The molecule has 3 heterocycles. The van der Waals surface area contributed by atoms with Crippen molar-refractivity contribution in [3.8, 4) is 0 Å². The summed E-state index contributed by atoms with van der Waals surface area (Å²) < 4.78 is 69.6. The van der Waals surface area contributed by atoms with Crippen LogP contribution in [0.4, 0.5) is 0 Å². The summed E-state index contributed by atoms with van der Waals surface area (Å²) in [4.78, 5) is 27.0. The Bertz CT molecular complexity index is 1880. The largest absolute Gasteiger partial charge is 0.458 e. The number of fused-ring (bicyclic) bond motifs is 2. The van der Waals surface area contributed by atoms with E-state index < -0.39 is 44.4 Å². The van der Waals surface area contributed by atoms with Crippen LogP contribution < -0.4 is 0 Å². The maximum absolute atomic E-state index is 13.6. The third-order valence-electron chi connectivity index (χ3n) is 8.18. The Balaban J connectivity index is 1.46. The Morgan fingerprint density at radius 3 is 1.36 bits per heavy atom. The van der Waals surface area contributed by atoms with Crippen LogP contribution in [0.2, 0.25) is 20.1 Å². The lowest BCUT2D eigenvalue weighted by molar-refractivity contribution is -0.139. The van der Waals surface area contributed by atoms with E-state index in [-0.39, 0.29) is 60.3 Å². The van der Waals surface area contributed by atoms with Gasteiger partial charge in [-0.25, -0.2) is 9.59 Å². The average molecular weight is 807 g/mol. The highest BCUT2D eigenvalue weighted by Gasteiger charge is 2.44. The highest BCUT2D eigenvalue weighted by atomic mass is 35.5. The van der Waals surface area contributed by atoms with Crippen molar-refractivity contribution in [2.45, 2.75) is 24.9 Å². The van der Waals surface area contributed by atoms with Crippen molar-refractivity contribution in [1.82, 2.24) is 17.2 Å². The van der Waals surface area contributed by atoms with Crippen LogP contribution in [0.1, 0.15) is 36.1 Å². The van der Waals surface area contributed by atoms with Gasteiger partial charge in [-0.3, -0.25) is 8.61 Å². The van der Waals surface area contributed by atoms with Crippen LogP contribution in [-0.4, -0.2) is 86.4 Å². The van der Waals surface area contributed by atoms with E-state index in [1.807, 2.05) is 0 Å². The van der Waals surface area contributed by atoms with Gasteiger partial charge in [-0.2, -0.15) is 25.4 Å². The monoisotopic (exact) mass is 804 g/mol. The van der Waals surface area contributed by atoms with Crippen LogP contribution in [0.5, 0.6) is 0 Å². The summed E-state index contributed by atoms with van der Waals surface area (Å²) in [6.07, 6.45) is 9.11. The molecule has 2 aromatic carbocycles. The molecule has 2 aromatic rings. The van der Waals surface area contributed by atoms with Crippen LogP contribution in [0.3, 0.4) is 0 Å². The number of esters is 2. The summed E-state index contributed by atoms with van der Waals surface area (Å²) >= 11 is 25.1. The first kappa shape index (κ1) is 38.2. The molecule has 0 radical (unpaired) electrons. The summed E-state index contributed by atoms with van der Waals surface area (Å²) in [5.41, 5.74) is 0.695. The fourth-order valence-electron chi connectivity index (χ4n) is 5.63. The zero-order valence-electron chi connectivity index (χ0n) is 26.7. The van der Waals surface area contributed by atoms with Gasteiger partial charge in [-0.05, 0) is 48.2 Å². The third-order valence-corrected chi connectivity index (χ3v) is 12.9. The minimum atomic E-state index is -4.12. The number of halogens is 4. The van der Waals surface area contributed by atoms with E-state index >= 15 is 0 Å². The Labute approximate surface area is 311 Å². The molecule has 3 aliphatic rings. The molecular weight excluding hydrogens is 774 g/mol. The van der Waals surface area contributed by atoms with E-state index in [9.17, 15) is 26.4 Å². The van der Waals surface area contributed by atoms with Gasteiger partial charge in [-0.15, -0.1) is 0 Å². The topological polar surface area (TPSA) is 134 Å². The summed E-state index contributed by atoms with van der Waals surface area (Å²) in [5.74, 6) is -1.57. The first-order chi connectivity index (χ1) is 23.6. The molecule has 12 nitrogen and oxygen atoms in total. The molecule has 0 aromatic heterocycles. The fourth-order valence-corrected chi connectivity index (χ4v) is 9.46. The highest BCUT2D eigenvalue weighted by molar-refractivity contribution is 7.87. The lowest BCUT2D eigenvalue weighted by atomic mass is 9.99. The molecule has 0 N–H and O–H groups in total.